The van der Waals surface area contributed by atoms with E-state index in [1.165, 1.54) is 0 Å². The number of nitrogens with zero attached hydrogens (tertiary/aromatic N) is 3. The van der Waals surface area contributed by atoms with Crippen molar-refractivity contribution in [3.05, 3.63) is 47.7 Å². The van der Waals surface area contributed by atoms with Crippen LogP contribution in [-0.2, 0) is 4.79 Å². The molecule has 2 atom stereocenters. The number of ether oxygens (including phenoxy) is 2. The van der Waals surface area contributed by atoms with E-state index in [9.17, 15) is 4.79 Å². The third-order valence-electron chi connectivity index (χ3n) is 4.93. The van der Waals surface area contributed by atoms with Gasteiger partial charge in [0.2, 0.25) is 5.88 Å². The van der Waals surface area contributed by atoms with Crippen LogP contribution in [0.25, 0.3) is 5.57 Å². The molecule has 26 heavy (non-hydrogen) atoms. The smallest absolute Gasteiger partial charge is 0.224 e. The maximum atomic E-state index is 11.6. The largest absolute Gasteiger partial charge is 0.495 e. The molecule has 2 aromatic heterocycles. The molecule has 2 heterocycles. The lowest BCUT2D eigenvalue weighted by Gasteiger charge is -2.11. The fourth-order valence-corrected chi connectivity index (χ4v) is 3.30. The quantitative estimate of drug-likeness (QED) is 0.796. The summed E-state index contributed by atoms with van der Waals surface area (Å²) in [6.45, 7) is 2.43. The molecular weight excluding hydrogens is 330 g/mol. The minimum atomic E-state index is 0.152. The van der Waals surface area contributed by atoms with E-state index in [4.69, 9.17) is 9.47 Å². The Balaban J connectivity index is 1.43. The summed E-state index contributed by atoms with van der Waals surface area (Å²) in [5, 5.41) is 0. The first-order valence-electron chi connectivity index (χ1n) is 8.84. The highest BCUT2D eigenvalue weighted by atomic mass is 16.5. The lowest BCUT2D eigenvalue weighted by Crippen LogP contribution is -2.06. The van der Waals surface area contributed by atoms with Gasteiger partial charge in [-0.25, -0.2) is 4.98 Å². The molecule has 0 amide bonds. The van der Waals surface area contributed by atoms with Gasteiger partial charge in [0, 0.05) is 30.1 Å². The van der Waals surface area contributed by atoms with Crippen LogP contribution in [0.2, 0.25) is 0 Å². The average molecular weight is 351 g/mol. The van der Waals surface area contributed by atoms with Gasteiger partial charge < -0.3 is 9.47 Å². The van der Waals surface area contributed by atoms with Crippen molar-refractivity contribution in [2.75, 3.05) is 13.7 Å². The Labute approximate surface area is 152 Å². The summed E-state index contributed by atoms with van der Waals surface area (Å²) in [4.78, 5) is 24.7. The fraction of sp³-hybridized carbons (Fsp3) is 0.400. The van der Waals surface area contributed by atoms with Crippen LogP contribution in [0, 0.1) is 12.8 Å². The molecule has 0 unspecified atom stereocenters. The second-order valence-corrected chi connectivity index (χ2v) is 6.81. The van der Waals surface area contributed by atoms with Crippen LogP contribution in [0.5, 0.6) is 11.6 Å². The van der Waals surface area contributed by atoms with E-state index in [1.54, 1.807) is 25.6 Å². The van der Waals surface area contributed by atoms with Gasteiger partial charge in [0.25, 0.3) is 0 Å². The number of allylic oxidation sites excluding steroid dienone is 2. The second-order valence-electron chi connectivity index (χ2n) is 6.81. The third kappa shape index (κ3) is 3.45. The minimum Gasteiger partial charge on any atom is -0.495 e. The van der Waals surface area contributed by atoms with E-state index in [0.29, 0.717) is 36.6 Å². The lowest BCUT2D eigenvalue weighted by molar-refractivity contribution is -0.114. The number of methoxy groups -OCH3 is 1. The Kier molecular flexibility index (Phi) is 4.41. The summed E-state index contributed by atoms with van der Waals surface area (Å²) in [6, 6.07) is 3.95. The van der Waals surface area contributed by atoms with E-state index in [0.717, 1.165) is 35.4 Å². The SMILES string of the molecule is COc1ccc([C@H]2C[C@@H]2COc2nc(C)ncc2C2=CC(=O)CC2)nc1. The highest BCUT2D eigenvalue weighted by molar-refractivity contribution is 6.02. The zero-order chi connectivity index (χ0) is 18.1. The Bertz CT molecular complexity index is 861. The highest BCUT2D eigenvalue weighted by Crippen LogP contribution is 2.47. The van der Waals surface area contributed by atoms with E-state index in [1.807, 2.05) is 19.1 Å². The number of hydrogen-bond donors (Lipinski definition) is 0. The van der Waals surface area contributed by atoms with Crippen molar-refractivity contribution in [1.82, 2.24) is 15.0 Å². The molecule has 0 aromatic carbocycles. The van der Waals surface area contributed by atoms with Crippen molar-refractivity contribution in [2.45, 2.75) is 32.1 Å². The first-order chi connectivity index (χ1) is 12.6. The molecule has 1 fully saturated rings. The van der Waals surface area contributed by atoms with Gasteiger partial charge >= 0.3 is 0 Å². The molecule has 2 aliphatic rings. The average Bonchev–Trinajstić information content (AvgIpc) is 3.31. The molecule has 0 radical (unpaired) electrons. The van der Waals surface area contributed by atoms with Crippen LogP contribution >= 0.6 is 0 Å². The highest BCUT2D eigenvalue weighted by Gasteiger charge is 2.40. The van der Waals surface area contributed by atoms with E-state index >= 15 is 0 Å². The molecule has 1 saturated carbocycles. The lowest BCUT2D eigenvalue weighted by atomic mass is 10.1. The van der Waals surface area contributed by atoms with Crippen LogP contribution < -0.4 is 9.47 Å². The molecule has 0 spiro atoms. The molecule has 2 aromatic rings. The normalized spacial score (nSPS) is 21.5. The summed E-state index contributed by atoms with van der Waals surface area (Å²) >= 11 is 0. The zero-order valence-electron chi connectivity index (χ0n) is 14.9. The molecule has 6 heteroatoms. The van der Waals surface area contributed by atoms with Crippen molar-refractivity contribution >= 4 is 11.4 Å². The maximum Gasteiger partial charge on any atom is 0.224 e. The van der Waals surface area contributed by atoms with Gasteiger partial charge in [-0.1, -0.05) is 0 Å². The number of hydrogen-bond acceptors (Lipinski definition) is 6. The summed E-state index contributed by atoms with van der Waals surface area (Å²) in [5.41, 5.74) is 2.87. The van der Waals surface area contributed by atoms with Gasteiger partial charge in [0.15, 0.2) is 5.78 Å². The molecule has 2 aliphatic carbocycles. The number of ketones is 1. The van der Waals surface area contributed by atoms with E-state index < -0.39 is 0 Å². The number of carbonyl (C=O) groups excluding carboxylic acids is 1. The minimum absolute atomic E-state index is 0.152. The fourth-order valence-electron chi connectivity index (χ4n) is 3.30. The maximum absolute atomic E-state index is 11.6. The third-order valence-corrected chi connectivity index (χ3v) is 4.93. The second kappa shape index (κ2) is 6.86. The number of pyridine rings is 1. The van der Waals surface area contributed by atoms with Gasteiger partial charge in [0.05, 0.1) is 25.5 Å². The number of aromatic nitrogens is 3. The number of aryl methyl sites for hydroxylation is 1. The number of rotatable bonds is 6. The van der Waals surface area contributed by atoms with Crippen molar-refractivity contribution in [3.8, 4) is 11.6 Å². The zero-order valence-corrected chi connectivity index (χ0v) is 14.9. The molecule has 0 N–H and O–H groups in total. The number of carbonyl (C=O) groups is 1. The Hall–Kier alpha value is -2.76. The predicted molar refractivity (Wildman–Crippen MR) is 96.1 cm³/mol. The van der Waals surface area contributed by atoms with Crippen molar-refractivity contribution in [3.63, 3.8) is 0 Å². The van der Waals surface area contributed by atoms with Gasteiger partial charge in [-0.2, -0.15) is 4.98 Å². The standard InChI is InChI=1S/C20H21N3O3/c1-12-21-10-18(13-3-4-15(24)7-13)20(23-12)26-11-14-8-17(14)19-6-5-16(25-2)9-22-19/h5-7,9-10,14,17H,3-4,8,11H2,1-2H3/t14-,17+/m1/s1. The van der Waals surface area contributed by atoms with Gasteiger partial charge in [-0.05, 0) is 43.5 Å². The molecule has 0 aliphatic heterocycles. The van der Waals surface area contributed by atoms with Crippen LogP contribution in [0.4, 0.5) is 0 Å². The summed E-state index contributed by atoms with van der Waals surface area (Å²) < 4.78 is 11.2. The Morgan fingerprint density at radius 3 is 2.77 bits per heavy atom. The van der Waals surface area contributed by atoms with Crippen molar-refractivity contribution < 1.29 is 14.3 Å². The molecule has 0 bridgehead atoms. The van der Waals surface area contributed by atoms with Gasteiger partial charge in [0.1, 0.15) is 11.6 Å². The van der Waals surface area contributed by atoms with E-state index in [-0.39, 0.29) is 5.78 Å². The van der Waals surface area contributed by atoms with Crippen LogP contribution in [0.3, 0.4) is 0 Å². The molecule has 4 rings (SSSR count). The van der Waals surface area contributed by atoms with Crippen LogP contribution in [-0.4, -0.2) is 34.5 Å². The summed E-state index contributed by atoms with van der Waals surface area (Å²) in [7, 11) is 1.64. The Morgan fingerprint density at radius 2 is 2.08 bits per heavy atom. The predicted octanol–water partition coefficient (Wildman–Crippen LogP) is 3.12. The van der Waals surface area contributed by atoms with Gasteiger partial charge in [-0.15, -0.1) is 0 Å². The first kappa shape index (κ1) is 16.7. The van der Waals surface area contributed by atoms with Crippen LogP contribution in [0.1, 0.15) is 42.3 Å². The van der Waals surface area contributed by atoms with Crippen molar-refractivity contribution in [1.29, 1.82) is 0 Å². The van der Waals surface area contributed by atoms with Crippen LogP contribution in [0.15, 0.2) is 30.6 Å². The van der Waals surface area contributed by atoms with Crippen molar-refractivity contribution in [2.24, 2.45) is 5.92 Å². The summed E-state index contributed by atoms with van der Waals surface area (Å²) in [6.07, 6.45) is 7.53. The van der Waals surface area contributed by atoms with Gasteiger partial charge in [-0.3, -0.25) is 9.78 Å². The van der Waals surface area contributed by atoms with E-state index in [2.05, 4.69) is 15.0 Å². The molecular formula is C20H21N3O3. The Morgan fingerprint density at radius 1 is 1.19 bits per heavy atom. The molecule has 0 saturated heterocycles. The topological polar surface area (TPSA) is 74.2 Å². The first-order valence-corrected chi connectivity index (χ1v) is 8.84. The molecule has 6 nitrogen and oxygen atoms in total. The molecule has 134 valence electrons. The monoisotopic (exact) mass is 351 g/mol. The summed E-state index contributed by atoms with van der Waals surface area (Å²) in [5.74, 6) is 3.00.